The Kier molecular flexibility index (Phi) is 7.04. The average molecular weight is 436 g/mol. The summed E-state index contributed by atoms with van der Waals surface area (Å²) in [5.74, 6) is -0.264. The Balaban J connectivity index is 1.75. The summed E-state index contributed by atoms with van der Waals surface area (Å²) in [6.45, 7) is 8.10. The highest BCUT2D eigenvalue weighted by molar-refractivity contribution is 6.32. The second-order valence-corrected chi connectivity index (χ2v) is 8.58. The van der Waals surface area contributed by atoms with Gasteiger partial charge in [-0.3, -0.25) is 9.69 Å². The van der Waals surface area contributed by atoms with E-state index in [-0.39, 0.29) is 12.0 Å². The van der Waals surface area contributed by atoms with Crippen molar-refractivity contribution in [2.75, 3.05) is 18.4 Å². The Hall–Kier alpha value is -1.82. The molecule has 2 unspecified atom stereocenters. The summed E-state index contributed by atoms with van der Waals surface area (Å²) >= 11 is 12.7. The van der Waals surface area contributed by atoms with Crippen LogP contribution in [0.4, 0.5) is 5.82 Å². The van der Waals surface area contributed by atoms with E-state index in [0.29, 0.717) is 24.5 Å². The number of aryl methyl sites for hydroxylation is 2. The third-order valence-corrected chi connectivity index (χ3v) is 6.48. The number of rotatable bonds is 7. The fourth-order valence-corrected chi connectivity index (χ4v) is 4.15. The maximum atomic E-state index is 11.2. The molecule has 2 aromatic rings. The average Bonchev–Trinajstić information content (AvgIpc) is 3.15. The van der Waals surface area contributed by atoms with E-state index in [0.717, 1.165) is 40.5 Å². The van der Waals surface area contributed by atoms with Crippen molar-refractivity contribution in [1.82, 2.24) is 9.88 Å². The number of pyridine rings is 1. The molecule has 7 heteroatoms. The number of hydrogen-bond donors (Lipinski definition) is 2. The van der Waals surface area contributed by atoms with Gasteiger partial charge in [-0.25, -0.2) is 4.98 Å². The van der Waals surface area contributed by atoms with Crippen molar-refractivity contribution in [2.45, 2.75) is 46.2 Å². The molecule has 1 fully saturated rings. The Morgan fingerprint density at radius 3 is 2.59 bits per heavy atom. The molecule has 0 spiro atoms. The van der Waals surface area contributed by atoms with Gasteiger partial charge in [0.15, 0.2) is 0 Å². The van der Waals surface area contributed by atoms with Gasteiger partial charge in [0.1, 0.15) is 5.82 Å². The van der Waals surface area contributed by atoms with Crippen LogP contribution in [0.15, 0.2) is 24.4 Å². The van der Waals surface area contributed by atoms with Gasteiger partial charge in [-0.05, 0) is 61.6 Å². The standard InChI is InChI=1S/C22H27Cl2N3O2/c1-4-19(16-7-13(2)21(24)14(3)8-16)26-20-9-17(18(23)10-25-20)12-27-6-5-15(11-27)22(28)29/h7-10,15,19H,4-6,11-12H2,1-3H3,(H,25,26)(H,28,29). The predicted molar refractivity (Wildman–Crippen MR) is 118 cm³/mol. The lowest BCUT2D eigenvalue weighted by atomic mass is 9.99. The van der Waals surface area contributed by atoms with Crippen molar-refractivity contribution in [3.05, 3.63) is 56.7 Å². The molecule has 5 nitrogen and oxygen atoms in total. The number of benzene rings is 1. The van der Waals surface area contributed by atoms with Crippen LogP contribution < -0.4 is 5.32 Å². The lowest BCUT2D eigenvalue weighted by Crippen LogP contribution is -2.23. The largest absolute Gasteiger partial charge is 0.481 e. The number of nitrogens with one attached hydrogen (secondary N) is 1. The van der Waals surface area contributed by atoms with Crippen LogP contribution in [-0.2, 0) is 11.3 Å². The first-order valence-electron chi connectivity index (χ1n) is 9.91. The number of halogens is 2. The van der Waals surface area contributed by atoms with Crippen LogP contribution in [0.25, 0.3) is 0 Å². The first-order valence-corrected chi connectivity index (χ1v) is 10.7. The fraction of sp³-hybridized carbons (Fsp3) is 0.455. The molecule has 1 aromatic heterocycles. The number of hydrogen-bond acceptors (Lipinski definition) is 4. The van der Waals surface area contributed by atoms with Crippen LogP contribution in [0.3, 0.4) is 0 Å². The summed E-state index contributed by atoms with van der Waals surface area (Å²) in [6.07, 6.45) is 3.23. The summed E-state index contributed by atoms with van der Waals surface area (Å²) in [5, 5.41) is 14.1. The minimum absolute atomic E-state index is 0.106. The number of carboxylic acid groups (broad SMARTS) is 1. The molecule has 0 amide bonds. The number of carbonyl (C=O) groups is 1. The summed E-state index contributed by atoms with van der Waals surface area (Å²) in [4.78, 5) is 17.8. The van der Waals surface area contributed by atoms with Gasteiger partial charge in [0.25, 0.3) is 0 Å². The normalized spacial score (nSPS) is 18.0. The minimum atomic E-state index is -0.727. The first-order chi connectivity index (χ1) is 13.8. The first kappa shape index (κ1) is 21.9. The van der Waals surface area contributed by atoms with Crippen LogP contribution in [-0.4, -0.2) is 34.0 Å². The molecular formula is C22H27Cl2N3O2. The Bertz CT molecular complexity index is 881. The molecule has 3 rings (SSSR count). The quantitative estimate of drug-likeness (QED) is 0.602. The van der Waals surface area contributed by atoms with Crippen LogP contribution in [0.1, 0.15) is 48.1 Å². The van der Waals surface area contributed by atoms with Gasteiger partial charge in [-0.2, -0.15) is 0 Å². The van der Waals surface area contributed by atoms with Crippen molar-refractivity contribution in [1.29, 1.82) is 0 Å². The molecule has 0 aliphatic carbocycles. The molecule has 0 radical (unpaired) electrons. The Labute approximate surface area is 182 Å². The van der Waals surface area contributed by atoms with Gasteiger partial charge in [-0.1, -0.05) is 42.3 Å². The molecule has 1 aliphatic rings. The Morgan fingerprint density at radius 1 is 1.31 bits per heavy atom. The van der Waals surface area contributed by atoms with Crippen molar-refractivity contribution in [2.24, 2.45) is 5.92 Å². The van der Waals surface area contributed by atoms with Crippen molar-refractivity contribution in [3.63, 3.8) is 0 Å². The molecule has 2 N–H and O–H groups in total. The van der Waals surface area contributed by atoms with Gasteiger partial charge >= 0.3 is 5.97 Å². The van der Waals surface area contributed by atoms with E-state index in [1.54, 1.807) is 6.20 Å². The van der Waals surface area contributed by atoms with Gasteiger partial charge in [0.05, 0.1) is 17.0 Å². The van der Waals surface area contributed by atoms with Crippen molar-refractivity contribution >= 4 is 35.0 Å². The van der Waals surface area contributed by atoms with E-state index in [9.17, 15) is 9.90 Å². The van der Waals surface area contributed by atoms with Crippen molar-refractivity contribution in [3.8, 4) is 0 Å². The second kappa shape index (κ2) is 9.33. The molecule has 2 heterocycles. The lowest BCUT2D eigenvalue weighted by molar-refractivity contribution is -0.141. The van der Waals surface area contributed by atoms with E-state index < -0.39 is 5.97 Å². The SMILES string of the molecule is CCC(Nc1cc(CN2CCC(C(=O)O)C2)c(Cl)cn1)c1cc(C)c(Cl)c(C)c1. The van der Waals surface area contributed by atoms with Crippen LogP contribution in [0.5, 0.6) is 0 Å². The van der Waals surface area contributed by atoms with Crippen LogP contribution >= 0.6 is 23.2 Å². The van der Waals surface area contributed by atoms with Gasteiger partial charge in [-0.15, -0.1) is 0 Å². The molecule has 1 aromatic carbocycles. The number of likely N-dealkylation sites (tertiary alicyclic amines) is 1. The predicted octanol–water partition coefficient (Wildman–Crippen LogP) is 5.47. The molecule has 2 atom stereocenters. The van der Waals surface area contributed by atoms with E-state index in [1.807, 2.05) is 19.9 Å². The smallest absolute Gasteiger partial charge is 0.307 e. The number of aliphatic carboxylic acids is 1. The van der Waals surface area contributed by atoms with Crippen LogP contribution in [0.2, 0.25) is 10.0 Å². The van der Waals surface area contributed by atoms with E-state index in [2.05, 4.69) is 34.3 Å². The monoisotopic (exact) mass is 435 g/mol. The van der Waals surface area contributed by atoms with Gasteiger partial charge in [0.2, 0.25) is 0 Å². The number of anilines is 1. The maximum absolute atomic E-state index is 11.2. The third-order valence-electron chi connectivity index (χ3n) is 5.54. The van der Waals surface area contributed by atoms with Crippen LogP contribution in [0, 0.1) is 19.8 Å². The topological polar surface area (TPSA) is 65.5 Å². The second-order valence-electron chi connectivity index (χ2n) is 7.79. The lowest BCUT2D eigenvalue weighted by Gasteiger charge is -2.21. The molecule has 0 bridgehead atoms. The molecular weight excluding hydrogens is 409 g/mol. The van der Waals surface area contributed by atoms with E-state index in [4.69, 9.17) is 23.2 Å². The zero-order valence-corrected chi connectivity index (χ0v) is 18.5. The molecule has 1 saturated heterocycles. The molecule has 29 heavy (non-hydrogen) atoms. The summed E-state index contributed by atoms with van der Waals surface area (Å²) < 4.78 is 0. The summed E-state index contributed by atoms with van der Waals surface area (Å²) in [6, 6.07) is 6.30. The third kappa shape index (κ3) is 5.21. The molecule has 1 aliphatic heterocycles. The molecule has 0 saturated carbocycles. The fourth-order valence-electron chi connectivity index (χ4n) is 3.88. The number of nitrogens with zero attached hydrogens (tertiary/aromatic N) is 2. The van der Waals surface area contributed by atoms with Gasteiger partial charge < -0.3 is 10.4 Å². The van der Waals surface area contributed by atoms with E-state index in [1.165, 1.54) is 5.56 Å². The summed E-state index contributed by atoms with van der Waals surface area (Å²) in [5.41, 5.74) is 4.25. The number of carboxylic acids is 1. The summed E-state index contributed by atoms with van der Waals surface area (Å²) in [7, 11) is 0. The zero-order valence-electron chi connectivity index (χ0n) is 17.0. The highest BCUT2D eigenvalue weighted by atomic mass is 35.5. The number of aromatic nitrogens is 1. The molecule has 156 valence electrons. The van der Waals surface area contributed by atoms with Gasteiger partial charge in [0, 0.05) is 24.3 Å². The van der Waals surface area contributed by atoms with Crippen molar-refractivity contribution < 1.29 is 9.90 Å². The highest BCUT2D eigenvalue weighted by Gasteiger charge is 2.28. The van der Waals surface area contributed by atoms with E-state index >= 15 is 0 Å². The Morgan fingerprint density at radius 2 is 2.00 bits per heavy atom. The minimum Gasteiger partial charge on any atom is -0.481 e. The zero-order chi connectivity index (χ0) is 21.1. The maximum Gasteiger partial charge on any atom is 0.307 e. The highest BCUT2D eigenvalue weighted by Crippen LogP contribution is 2.30.